The lowest BCUT2D eigenvalue weighted by atomic mass is 10.0. The van der Waals surface area contributed by atoms with Gasteiger partial charge in [-0.2, -0.15) is 0 Å². The third-order valence-corrected chi connectivity index (χ3v) is 3.99. The molecule has 1 aliphatic heterocycles. The van der Waals surface area contributed by atoms with E-state index in [0.717, 1.165) is 51.3 Å². The van der Waals surface area contributed by atoms with E-state index in [4.69, 9.17) is 0 Å². The van der Waals surface area contributed by atoms with E-state index in [1.807, 2.05) is 24.3 Å². The molecule has 0 saturated carbocycles. The maximum absolute atomic E-state index is 12.0. The SMILES string of the molecule is CC(C)c1ccc(C(=O)NCCCN2CCNCC2)cc1. The van der Waals surface area contributed by atoms with E-state index in [0.29, 0.717) is 5.92 Å². The molecule has 0 bridgehead atoms. The molecular formula is C17H27N3O. The molecule has 0 unspecified atom stereocenters. The van der Waals surface area contributed by atoms with Crippen molar-refractivity contribution in [2.45, 2.75) is 26.2 Å². The van der Waals surface area contributed by atoms with Crippen LogP contribution < -0.4 is 10.6 Å². The Morgan fingerprint density at radius 1 is 1.24 bits per heavy atom. The number of carbonyl (C=O) groups excluding carboxylic acids is 1. The first-order chi connectivity index (χ1) is 10.2. The Labute approximate surface area is 127 Å². The minimum atomic E-state index is 0.0330. The maximum atomic E-state index is 12.0. The summed E-state index contributed by atoms with van der Waals surface area (Å²) in [5, 5.41) is 6.35. The zero-order chi connectivity index (χ0) is 15.1. The van der Waals surface area contributed by atoms with E-state index >= 15 is 0 Å². The van der Waals surface area contributed by atoms with E-state index in [1.165, 1.54) is 5.56 Å². The number of amides is 1. The molecule has 0 aromatic heterocycles. The van der Waals surface area contributed by atoms with Crippen molar-refractivity contribution in [2.24, 2.45) is 0 Å². The second-order valence-electron chi connectivity index (χ2n) is 5.98. The quantitative estimate of drug-likeness (QED) is 0.785. The molecule has 0 spiro atoms. The lowest BCUT2D eigenvalue weighted by molar-refractivity contribution is 0.0951. The number of piperazine rings is 1. The normalized spacial score (nSPS) is 16.1. The van der Waals surface area contributed by atoms with Crippen LogP contribution in [0.3, 0.4) is 0 Å². The van der Waals surface area contributed by atoms with Crippen LogP contribution in [-0.4, -0.2) is 50.1 Å². The molecule has 4 heteroatoms. The largest absolute Gasteiger partial charge is 0.352 e. The van der Waals surface area contributed by atoms with Gasteiger partial charge in [-0.3, -0.25) is 4.79 Å². The minimum absolute atomic E-state index is 0.0330. The maximum Gasteiger partial charge on any atom is 0.251 e. The van der Waals surface area contributed by atoms with Crippen molar-refractivity contribution >= 4 is 5.91 Å². The van der Waals surface area contributed by atoms with E-state index in [1.54, 1.807) is 0 Å². The third-order valence-electron chi connectivity index (χ3n) is 3.99. The van der Waals surface area contributed by atoms with Gasteiger partial charge < -0.3 is 15.5 Å². The topological polar surface area (TPSA) is 44.4 Å². The summed E-state index contributed by atoms with van der Waals surface area (Å²) in [7, 11) is 0. The number of nitrogens with zero attached hydrogens (tertiary/aromatic N) is 1. The number of hydrogen-bond acceptors (Lipinski definition) is 3. The average Bonchev–Trinajstić information content (AvgIpc) is 2.52. The van der Waals surface area contributed by atoms with Gasteiger partial charge in [0, 0.05) is 38.3 Å². The first-order valence-corrected chi connectivity index (χ1v) is 7.98. The van der Waals surface area contributed by atoms with Gasteiger partial charge in [-0.15, -0.1) is 0 Å². The fourth-order valence-corrected chi connectivity index (χ4v) is 2.56. The Kier molecular flexibility index (Phi) is 6.21. The van der Waals surface area contributed by atoms with Gasteiger partial charge in [-0.1, -0.05) is 26.0 Å². The Balaban J connectivity index is 1.69. The van der Waals surface area contributed by atoms with Crippen LogP contribution in [-0.2, 0) is 0 Å². The standard InChI is InChI=1S/C17H27N3O/c1-14(2)15-4-6-16(7-5-15)17(21)19-8-3-11-20-12-9-18-10-13-20/h4-7,14,18H,3,8-13H2,1-2H3,(H,19,21). The van der Waals surface area contributed by atoms with Crippen LogP contribution in [0.15, 0.2) is 24.3 Å². The Bertz CT molecular complexity index is 436. The van der Waals surface area contributed by atoms with Gasteiger partial charge >= 0.3 is 0 Å². The predicted octanol–water partition coefficient (Wildman–Crippen LogP) is 1.84. The van der Waals surface area contributed by atoms with Gasteiger partial charge in [0.1, 0.15) is 0 Å². The molecule has 1 aromatic carbocycles. The van der Waals surface area contributed by atoms with Crippen molar-refractivity contribution in [1.82, 2.24) is 15.5 Å². The average molecular weight is 289 g/mol. The highest BCUT2D eigenvalue weighted by Crippen LogP contribution is 2.14. The molecule has 2 N–H and O–H groups in total. The van der Waals surface area contributed by atoms with Crippen LogP contribution in [0.4, 0.5) is 0 Å². The molecule has 2 rings (SSSR count). The second-order valence-corrected chi connectivity index (χ2v) is 5.98. The summed E-state index contributed by atoms with van der Waals surface area (Å²) < 4.78 is 0. The molecule has 1 aliphatic rings. The Morgan fingerprint density at radius 3 is 2.52 bits per heavy atom. The van der Waals surface area contributed by atoms with Crippen LogP contribution in [0.2, 0.25) is 0 Å². The number of hydrogen-bond donors (Lipinski definition) is 2. The third kappa shape index (κ3) is 5.14. The van der Waals surface area contributed by atoms with Crippen LogP contribution in [0, 0.1) is 0 Å². The number of benzene rings is 1. The summed E-state index contributed by atoms with van der Waals surface area (Å²) in [5.41, 5.74) is 2.02. The summed E-state index contributed by atoms with van der Waals surface area (Å²) in [5.74, 6) is 0.534. The van der Waals surface area contributed by atoms with Crippen LogP contribution in [0.5, 0.6) is 0 Å². The van der Waals surface area contributed by atoms with Gasteiger partial charge in [-0.05, 0) is 36.6 Å². The molecular weight excluding hydrogens is 262 g/mol. The molecule has 0 radical (unpaired) electrons. The summed E-state index contributed by atoms with van der Waals surface area (Å²) in [6.07, 6.45) is 1.01. The van der Waals surface area contributed by atoms with E-state index in [9.17, 15) is 4.79 Å². The zero-order valence-corrected chi connectivity index (χ0v) is 13.2. The van der Waals surface area contributed by atoms with Crippen molar-refractivity contribution in [3.63, 3.8) is 0 Å². The molecule has 1 aromatic rings. The van der Waals surface area contributed by atoms with Gasteiger partial charge in [0.15, 0.2) is 0 Å². The van der Waals surface area contributed by atoms with Gasteiger partial charge in [-0.25, -0.2) is 0 Å². The summed E-state index contributed by atoms with van der Waals surface area (Å²) >= 11 is 0. The summed E-state index contributed by atoms with van der Waals surface area (Å²) in [6, 6.07) is 7.92. The fraction of sp³-hybridized carbons (Fsp3) is 0.588. The summed E-state index contributed by atoms with van der Waals surface area (Å²) in [6.45, 7) is 10.5. The Hall–Kier alpha value is -1.39. The first kappa shape index (κ1) is 16.0. The minimum Gasteiger partial charge on any atom is -0.352 e. The van der Waals surface area contributed by atoms with E-state index in [-0.39, 0.29) is 5.91 Å². The lowest BCUT2D eigenvalue weighted by Crippen LogP contribution is -2.44. The van der Waals surface area contributed by atoms with Crippen LogP contribution >= 0.6 is 0 Å². The molecule has 4 nitrogen and oxygen atoms in total. The van der Waals surface area contributed by atoms with E-state index in [2.05, 4.69) is 29.4 Å². The second kappa shape index (κ2) is 8.15. The van der Waals surface area contributed by atoms with Gasteiger partial charge in [0.25, 0.3) is 5.91 Å². The monoisotopic (exact) mass is 289 g/mol. The van der Waals surface area contributed by atoms with Crippen molar-refractivity contribution in [3.8, 4) is 0 Å². The molecule has 0 atom stereocenters. The number of nitrogens with one attached hydrogen (secondary N) is 2. The predicted molar refractivity (Wildman–Crippen MR) is 86.8 cm³/mol. The van der Waals surface area contributed by atoms with Crippen molar-refractivity contribution in [1.29, 1.82) is 0 Å². The van der Waals surface area contributed by atoms with Crippen molar-refractivity contribution in [2.75, 3.05) is 39.3 Å². The molecule has 1 fully saturated rings. The van der Waals surface area contributed by atoms with Gasteiger partial charge in [0.2, 0.25) is 0 Å². The first-order valence-electron chi connectivity index (χ1n) is 7.98. The smallest absolute Gasteiger partial charge is 0.251 e. The highest BCUT2D eigenvalue weighted by atomic mass is 16.1. The van der Waals surface area contributed by atoms with Crippen molar-refractivity contribution < 1.29 is 4.79 Å². The fourth-order valence-electron chi connectivity index (χ4n) is 2.56. The zero-order valence-electron chi connectivity index (χ0n) is 13.2. The number of rotatable bonds is 6. The number of carbonyl (C=O) groups is 1. The Morgan fingerprint density at radius 2 is 1.90 bits per heavy atom. The molecule has 1 saturated heterocycles. The molecule has 21 heavy (non-hydrogen) atoms. The summed E-state index contributed by atoms with van der Waals surface area (Å²) in [4.78, 5) is 14.5. The van der Waals surface area contributed by atoms with Crippen LogP contribution in [0.25, 0.3) is 0 Å². The van der Waals surface area contributed by atoms with Gasteiger partial charge in [0.05, 0.1) is 0 Å². The molecule has 1 amide bonds. The van der Waals surface area contributed by atoms with Crippen LogP contribution in [0.1, 0.15) is 42.1 Å². The van der Waals surface area contributed by atoms with E-state index < -0.39 is 0 Å². The highest BCUT2D eigenvalue weighted by molar-refractivity contribution is 5.94. The lowest BCUT2D eigenvalue weighted by Gasteiger charge is -2.27. The molecule has 116 valence electrons. The molecule has 1 heterocycles. The van der Waals surface area contributed by atoms with Crippen molar-refractivity contribution in [3.05, 3.63) is 35.4 Å². The molecule has 0 aliphatic carbocycles. The highest BCUT2D eigenvalue weighted by Gasteiger charge is 2.09.